The molecular weight excluding hydrogens is 374 g/mol. The minimum Gasteiger partial charge on any atom is -0.438 e. The van der Waals surface area contributed by atoms with E-state index in [-0.39, 0.29) is 28.2 Å². The largest absolute Gasteiger partial charge is 0.438 e. The number of furan rings is 1. The second-order valence-corrected chi connectivity index (χ2v) is 9.33. The lowest BCUT2D eigenvalue weighted by Gasteiger charge is -2.29. The molecule has 3 heterocycles. The first kappa shape index (κ1) is 17.7. The van der Waals surface area contributed by atoms with Crippen molar-refractivity contribution in [1.29, 1.82) is 0 Å². The molecule has 140 valence electrons. The van der Waals surface area contributed by atoms with E-state index < -0.39 is 10.0 Å². The van der Waals surface area contributed by atoms with Crippen LogP contribution in [0, 0.1) is 5.41 Å². The fraction of sp³-hybridized carbons (Fsp3) is 0.471. The van der Waals surface area contributed by atoms with Crippen molar-refractivity contribution in [3.05, 3.63) is 40.3 Å². The molecule has 1 amide bonds. The SMILES string of the molecule is NS(=O)(=O)c1ccc(C(=O)N(Cc2ccsc2)C2CC23CCNCC3)o1. The van der Waals surface area contributed by atoms with Crippen LogP contribution in [0.1, 0.15) is 35.4 Å². The van der Waals surface area contributed by atoms with Crippen LogP contribution in [0.3, 0.4) is 0 Å². The van der Waals surface area contributed by atoms with Crippen LogP contribution < -0.4 is 10.5 Å². The molecule has 1 aliphatic carbocycles. The van der Waals surface area contributed by atoms with Crippen LogP contribution in [-0.2, 0) is 16.6 Å². The third-order valence-corrected chi connectivity index (χ3v) is 6.90. The molecule has 1 spiro atoms. The highest BCUT2D eigenvalue weighted by Crippen LogP contribution is 2.56. The molecule has 0 radical (unpaired) electrons. The van der Waals surface area contributed by atoms with Crippen LogP contribution in [0.15, 0.2) is 38.5 Å². The molecule has 3 N–H and O–H groups in total. The maximum Gasteiger partial charge on any atom is 0.290 e. The van der Waals surface area contributed by atoms with E-state index in [1.807, 2.05) is 21.7 Å². The lowest BCUT2D eigenvalue weighted by Crippen LogP contribution is -2.39. The Morgan fingerprint density at radius 2 is 2.12 bits per heavy atom. The van der Waals surface area contributed by atoms with Crippen molar-refractivity contribution in [2.75, 3.05) is 13.1 Å². The van der Waals surface area contributed by atoms with Crippen molar-refractivity contribution < 1.29 is 17.6 Å². The summed E-state index contributed by atoms with van der Waals surface area (Å²) >= 11 is 1.59. The predicted octanol–water partition coefficient (Wildman–Crippen LogP) is 1.77. The van der Waals surface area contributed by atoms with Gasteiger partial charge < -0.3 is 14.6 Å². The topological polar surface area (TPSA) is 106 Å². The molecule has 0 aromatic carbocycles. The second kappa shape index (κ2) is 6.49. The van der Waals surface area contributed by atoms with Gasteiger partial charge in [-0.05, 0) is 72.3 Å². The van der Waals surface area contributed by atoms with Gasteiger partial charge in [-0.3, -0.25) is 4.79 Å². The number of amides is 1. The summed E-state index contributed by atoms with van der Waals surface area (Å²) in [5.41, 5.74) is 1.24. The number of hydrogen-bond acceptors (Lipinski definition) is 6. The van der Waals surface area contributed by atoms with Gasteiger partial charge in [0.05, 0.1) is 0 Å². The van der Waals surface area contributed by atoms with Gasteiger partial charge in [0.2, 0.25) is 5.09 Å². The molecule has 0 bridgehead atoms. The Morgan fingerprint density at radius 3 is 2.73 bits per heavy atom. The Hall–Kier alpha value is -1.68. The number of hydrogen-bond donors (Lipinski definition) is 2. The predicted molar refractivity (Wildman–Crippen MR) is 97.2 cm³/mol. The molecule has 1 atom stereocenters. The van der Waals surface area contributed by atoms with E-state index in [0.717, 1.165) is 37.9 Å². The summed E-state index contributed by atoms with van der Waals surface area (Å²) in [7, 11) is -3.97. The average molecular weight is 396 g/mol. The molecule has 26 heavy (non-hydrogen) atoms. The van der Waals surface area contributed by atoms with E-state index in [2.05, 4.69) is 5.32 Å². The quantitative estimate of drug-likeness (QED) is 0.803. The van der Waals surface area contributed by atoms with Gasteiger partial charge in [0.15, 0.2) is 5.76 Å². The first-order chi connectivity index (χ1) is 12.4. The molecular formula is C17H21N3O4S2. The number of sulfonamides is 1. The standard InChI is InChI=1S/C17H21N3O4S2/c18-26(22,23)15-2-1-13(24-15)16(21)20(10-12-3-8-25-11-12)14-9-17(14)4-6-19-7-5-17/h1-3,8,11,14,19H,4-7,9-10H2,(H2,18,22,23). The first-order valence-corrected chi connectivity index (χ1v) is 11.0. The highest BCUT2D eigenvalue weighted by atomic mass is 32.2. The fourth-order valence-electron chi connectivity index (χ4n) is 3.86. The van der Waals surface area contributed by atoms with Crippen molar-refractivity contribution in [2.24, 2.45) is 10.6 Å². The van der Waals surface area contributed by atoms with Crippen molar-refractivity contribution in [3.63, 3.8) is 0 Å². The molecule has 1 saturated carbocycles. The zero-order valence-electron chi connectivity index (χ0n) is 14.2. The Bertz CT molecular complexity index is 898. The molecule has 4 rings (SSSR count). The van der Waals surface area contributed by atoms with Gasteiger partial charge in [-0.15, -0.1) is 0 Å². The van der Waals surface area contributed by atoms with E-state index in [1.54, 1.807) is 11.3 Å². The van der Waals surface area contributed by atoms with Crippen LogP contribution in [0.2, 0.25) is 0 Å². The number of rotatable bonds is 5. The lowest BCUT2D eigenvalue weighted by atomic mass is 9.93. The van der Waals surface area contributed by atoms with Crippen LogP contribution in [0.25, 0.3) is 0 Å². The number of thiophene rings is 1. The molecule has 9 heteroatoms. The van der Waals surface area contributed by atoms with Gasteiger partial charge in [0, 0.05) is 12.6 Å². The fourth-order valence-corrected chi connectivity index (χ4v) is 4.98. The van der Waals surface area contributed by atoms with E-state index in [4.69, 9.17) is 9.56 Å². The van der Waals surface area contributed by atoms with Gasteiger partial charge in [0.1, 0.15) is 0 Å². The summed E-state index contributed by atoms with van der Waals surface area (Å²) in [5, 5.41) is 12.1. The molecule has 2 aliphatic rings. The third-order valence-electron chi connectivity index (χ3n) is 5.39. The minimum atomic E-state index is -3.97. The second-order valence-electron chi connectivity index (χ2n) is 7.06. The summed E-state index contributed by atoms with van der Waals surface area (Å²) in [5.74, 6) is -0.272. The van der Waals surface area contributed by atoms with E-state index >= 15 is 0 Å². The number of carbonyl (C=O) groups excluding carboxylic acids is 1. The van der Waals surface area contributed by atoms with Gasteiger partial charge in [-0.1, -0.05) is 0 Å². The number of nitrogens with two attached hydrogens (primary N) is 1. The number of nitrogens with one attached hydrogen (secondary N) is 1. The molecule has 2 fully saturated rings. The van der Waals surface area contributed by atoms with Crippen molar-refractivity contribution in [2.45, 2.75) is 36.9 Å². The Morgan fingerprint density at radius 1 is 1.35 bits per heavy atom. The molecule has 1 aliphatic heterocycles. The van der Waals surface area contributed by atoms with Gasteiger partial charge in [0.25, 0.3) is 15.9 Å². The summed E-state index contributed by atoms with van der Waals surface area (Å²) in [6.45, 7) is 2.42. The van der Waals surface area contributed by atoms with Gasteiger partial charge in [-0.25, -0.2) is 13.6 Å². The van der Waals surface area contributed by atoms with Crippen molar-refractivity contribution in [3.8, 4) is 0 Å². The van der Waals surface area contributed by atoms with Crippen molar-refractivity contribution >= 4 is 27.3 Å². The minimum absolute atomic E-state index is 0.0141. The van der Waals surface area contributed by atoms with Crippen LogP contribution >= 0.6 is 11.3 Å². The van der Waals surface area contributed by atoms with Crippen LogP contribution in [0.4, 0.5) is 0 Å². The van der Waals surface area contributed by atoms with E-state index in [1.165, 1.54) is 12.1 Å². The zero-order valence-corrected chi connectivity index (χ0v) is 15.8. The van der Waals surface area contributed by atoms with E-state index in [0.29, 0.717) is 6.54 Å². The van der Waals surface area contributed by atoms with Gasteiger partial charge >= 0.3 is 0 Å². The maximum absolute atomic E-state index is 13.1. The highest BCUT2D eigenvalue weighted by molar-refractivity contribution is 7.89. The Balaban J connectivity index is 1.60. The normalized spacial score (nSPS) is 21.7. The maximum atomic E-state index is 13.1. The monoisotopic (exact) mass is 395 g/mol. The van der Waals surface area contributed by atoms with Crippen LogP contribution in [-0.4, -0.2) is 38.4 Å². The molecule has 2 aromatic rings. The van der Waals surface area contributed by atoms with Crippen LogP contribution in [0.5, 0.6) is 0 Å². The summed E-state index contributed by atoms with van der Waals surface area (Å²) in [6.07, 6.45) is 3.07. The molecule has 2 aromatic heterocycles. The molecule has 1 unspecified atom stereocenters. The third kappa shape index (κ3) is 3.32. The number of piperidine rings is 1. The highest BCUT2D eigenvalue weighted by Gasteiger charge is 2.58. The molecule has 1 saturated heterocycles. The van der Waals surface area contributed by atoms with E-state index in [9.17, 15) is 13.2 Å². The Kier molecular flexibility index (Phi) is 4.42. The Labute approximate surface area is 156 Å². The summed E-state index contributed by atoms with van der Waals surface area (Å²) in [4.78, 5) is 14.9. The smallest absolute Gasteiger partial charge is 0.290 e. The lowest BCUT2D eigenvalue weighted by molar-refractivity contribution is 0.0654. The summed E-state index contributed by atoms with van der Waals surface area (Å²) in [6, 6.07) is 4.78. The number of carbonyl (C=O) groups is 1. The zero-order chi connectivity index (χ0) is 18.4. The number of primary sulfonamides is 1. The average Bonchev–Trinajstić information content (AvgIpc) is 3.06. The number of nitrogens with zero attached hydrogens (tertiary/aromatic N) is 1. The van der Waals surface area contributed by atoms with Crippen molar-refractivity contribution in [1.82, 2.24) is 10.2 Å². The van der Waals surface area contributed by atoms with Gasteiger partial charge in [-0.2, -0.15) is 11.3 Å². The first-order valence-electron chi connectivity index (χ1n) is 8.54. The molecule has 7 nitrogen and oxygen atoms in total. The summed E-state index contributed by atoms with van der Waals surface area (Å²) < 4.78 is 28.1.